The Hall–Kier alpha value is -3.10. The number of nitrogens with one attached hydrogen (secondary N) is 1. The van der Waals surface area contributed by atoms with Crippen molar-refractivity contribution in [3.8, 4) is 5.75 Å². The van der Waals surface area contributed by atoms with Crippen LogP contribution in [-0.2, 0) is 6.18 Å². The van der Waals surface area contributed by atoms with Crippen molar-refractivity contribution < 1.29 is 27.6 Å². The summed E-state index contributed by atoms with van der Waals surface area (Å²) in [4.78, 5) is 22.3. The molecule has 1 N–H and O–H groups in total. The first-order valence-electron chi connectivity index (χ1n) is 6.53. The fraction of sp³-hybridized carbons (Fsp3) is 0.133. The average molecular weight is 340 g/mol. The number of methoxy groups -OCH3 is 1. The van der Waals surface area contributed by atoms with Gasteiger partial charge in [0.05, 0.1) is 23.3 Å². The van der Waals surface area contributed by atoms with Crippen molar-refractivity contribution in [1.82, 2.24) is 0 Å². The van der Waals surface area contributed by atoms with Gasteiger partial charge in [-0.3, -0.25) is 14.9 Å². The summed E-state index contributed by atoms with van der Waals surface area (Å²) in [5, 5.41) is 13.1. The van der Waals surface area contributed by atoms with Crippen LogP contribution in [-0.4, -0.2) is 17.9 Å². The van der Waals surface area contributed by atoms with Gasteiger partial charge in [-0.25, -0.2) is 0 Å². The van der Waals surface area contributed by atoms with Gasteiger partial charge in [-0.15, -0.1) is 0 Å². The molecule has 9 heteroatoms. The summed E-state index contributed by atoms with van der Waals surface area (Å²) in [6.07, 6.45) is -4.58. The number of non-ortho nitro benzene ring substituents is 1. The van der Waals surface area contributed by atoms with E-state index in [9.17, 15) is 28.1 Å². The van der Waals surface area contributed by atoms with E-state index in [0.29, 0.717) is 6.07 Å². The summed E-state index contributed by atoms with van der Waals surface area (Å²) < 4.78 is 43.1. The summed E-state index contributed by atoms with van der Waals surface area (Å²) in [7, 11) is 1.29. The Balaban J connectivity index is 2.33. The molecule has 0 saturated heterocycles. The number of halogens is 3. The van der Waals surface area contributed by atoms with Crippen LogP contribution in [0.5, 0.6) is 5.75 Å². The second-order valence-corrected chi connectivity index (χ2v) is 4.67. The first-order chi connectivity index (χ1) is 11.2. The third-order valence-corrected chi connectivity index (χ3v) is 3.09. The van der Waals surface area contributed by atoms with Crippen LogP contribution in [0.1, 0.15) is 15.9 Å². The molecule has 24 heavy (non-hydrogen) atoms. The maximum atomic E-state index is 12.7. The quantitative estimate of drug-likeness (QED) is 0.676. The molecule has 0 aliphatic rings. The zero-order valence-corrected chi connectivity index (χ0v) is 12.3. The molecule has 0 bridgehead atoms. The van der Waals surface area contributed by atoms with Gasteiger partial charge in [-0.1, -0.05) is 6.07 Å². The van der Waals surface area contributed by atoms with Crippen LogP contribution in [0.4, 0.5) is 24.5 Å². The van der Waals surface area contributed by atoms with E-state index in [2.05, 4.69) is 5.32 Å². The number of nitro benzene ring substituents is 1. The van der Waals surface area contributed by atoms with Gasteiger partial charge in [0.15, 0.2) is 0 Å². The van der Waals surface area contributed by atoms with Crippen molar-refractivity contribution in [2.45, 2.75) is 6.18 Å². The second-order valence-electron chi connectivity index (χ2n) is 4.67. The number of amides is 1. The minimum atomic E-state index is -4.58. The topological polar surface area (TPSA) is 81.5 Å². The largest absolute Gasteiger partial charge is 0.495 e. The third-order valence-electron chi connectivity index (χ3n) is 3.09. The number of nitrogens with zero attached hydrogens (tertiary/aromatic N) is 1. The number of ether oxygens (including phenoxy) is 1. The van der Waals surface area contributed by atoms with Crippen molar-refractivity contribution in [2.75, 3.05) is 12.4 Å². The molecule has 0 unspecified atom stereocenters. The fourth-order valence-electron chi connectivity index (χ4n) is 1.94. The lowest BCUT2D eigenvalue weighted by Crippen LogP contribution is -2.14. The minimum absolute atomic E-state index is 0.0193. The van der Waals surface area contributed by atoms with Crippen LogP contribution in [0.2, 0.25) is 0 Å². The number of hydrogen-bond donors (Lipinski definition) is 1. The van der Waals surface area contributed by atoms with Crippen molar-refractivity contribution in [2.24, 2.45) is 0 Å². The number of alkyl halides is 3. The van der Waals surface area contributed by atoms with E-state index in [1.807, 2.05) is 0 Å². The molecule has 0 saturated carbocycles. The van der Waals surface area contributed by atoms with Crippen molar-refractivity contribution in [3.63, 3.8) is 0 Å². The molecule has 1 amide bonds. The third kappa shape index (κ3) is 3.80. The molecule has 0 atom stereocenters. The van der Waals surface area contributed by atoms with Crippen LogP contribution in [0.3, 0.4) is 0 Å². The van der Waals surface area contributed by atoms with E-state index in [0.717, 1.165) is 18.2 Å². The lowest BCUT2D eigenvalue weighted by molar-refractivity contribution is -0.384. The van der Waals surface area contributed by atoms with Gasteiger partial charge in [-0.2, -0.15) is 13.2 Å². The molecule has 0 aliphatic heterocycles. The highest BCUT2D eigenvalue weighted by Gasteiger charge is 2.31. The summed E-state index contributed by atoms with van der Waals surface area (Å²) >= 11 is 0. The highest BCUT2D eigenvalue weighted by atomic mass is 19.4. The Kier molecular flexibility index (Phi) is 4.72. The van der Waals surface area contributed by atoms with Crippen LogP contribution in [0.25, 0.3) is 0 Å². The molecule has 0 radical (unpaired) electrons. The van der Waals surface area contributed by atoms with Gasteiger partial charge in [0.2, 0.25) is 0 Å². The first-order valence-corrected chi connectivity index (χ1v) is 6.53. The molecule has 2 rings (SSSR count). The van der Waals surface area contributed by atoms with Crippen molar-refractivity contribution >= 4 is 17.3 Å². The standard InChI is InChI=1S/C15H11F3N2O4/c1-24-13-6-5-11(20(22)23)8-12(13)19-14(21)9-3-2-4-10(7-9)15(16,17)18/h2-8H,1H3,(H,19,21). The summed E-state index contributed by atoms with van der Waals surface area (Å²) in [5.74, 6) is -0.708. The number of nitro groups is 1. The number of rotatable bonds is 4. The predicted octanol–water partition coefficient (Wildman–Crippen LogP) is 3.87. The van der Waals surface area contributed by atoms with Gasteiger partial charge >= 0.3 is 6.18 Å². The molecule has 6 nitrogen and oxygen atoms in total. The maximum absolute atomic E-state index is 12.7. The average Bonchev–Trinajstić information content (AvgIpc) is 2.54. The van der Waals surface area contributed by atoms with Gasteiger partial charge in [-0.05, 0) is 24.3 Å². The van der Waals surface area contributed by atoms with Crippen LogP contribution in [0, 0.1) is 10.1 Å². The molecule has 0 heterocycles. The number of benzene rings is 2. The monoisotopic (exact) mass is 340 g/mol. The molecule has 0 fully saturated rings. The molecule has 2 aromatic carbocycles. The SMILES string of the molecule is COc1ccc([N+](=O)[O-])cc1NC(=O)c1cccc(C(F)(F)F)c1. The number of hydrogen-bond acceptors (Lipinski definition) is 4. The number of carbonyl (C=O) groups is 1. The van der Waals surface area contributed by atoms with E-state index < -0.39 is 22.6 Å². The molecular weight excluding hydrogens is 329 g/mol. The summed E-state index contributed by atoms with van der Waals surface area (Å²) in [6.45, 7) is 0. The Morgan fingerprint density at radius 2 is 1.92 bits per heavy atom. The molecule has 126 valence electrons. The first kappa shape index (κ1) is 17.3. The lowest BCUT2D eigenvalue weighted by atomic mass is 10.1. The van der Waals surface area contributed by atoms with Gasteiger partial charge in [0, 0.05) is 17.7 Å². The summed E-state index contributed by atoms with van der Waals surface area (Å²) in [5.41, 5.74) is -1.52. The Labute approximate surface area is 134 Å². The van der Waals surface area contributed by atoms with Crippen LogP contribution >= 0.6 is 0 Å². The number of anilines is 1. The van der Waals surface area contributed by atoms with Gasteiger partial charge in [0.1, 0.15) is 5.75 Å². The maximum Gasteiger partial charge on any atom is 0.416 e. The fourth-order valence-corrected chi connectivity index (χ4v) is 1.94. The molecule has 0 spiro atoms. The zero-order chi connectivity index (χ0) is 17.9. The Bertz CT molecular complexity index is 791. The Morgan fingerprint density at radius 1 is 1.21 bits per heavy atom. The minimum Gasteiger partial charge on any atom is -0.495 e. The zero-order valence-electron chi connectivity index (χ0n) is 12.3. The van der Waals surface area contributed by atoms with E-state index in [4.69, 9.17) is 4.74 Å². The van der Waals surface area contributed by atoms with Crippen molar-refractivity contribution in [3.05, 3.63) is 63.7 Å². The highest BCUT2D eigenvalue weighted by molar-refractivity contribution is 6.05. The van der Waals surface area contributed by atoms with Gasteiger partial charge < -0.3 is 10.1 Å². The molecule has 0 aromatic heterocycles. The number of carbonyl (C=O) groups excluding carboxylic acids is 1. The molecule has 0 aliphatic carbocycles. The second kappa shape index (κ2) is 6.57. The van der Waals surface area contributed by atoms with Crippen LogP contribution < -0.4 is 10.1 Å². The van der Waals surface area contributed by atoms with E-state index >= 15 is 0 Å². The molecule has 2 aromatic rings. The predicted molar refractivity (Wildman–Crippen MR) is 79.0 cm³/mol. The normalized spacial score (nSPS) is 11.0. The summed E-state index contributed by atoms with van der Waals surface area (Å²) in [6, 6.07) is 7.35. The lowest BCUT2D eigenvalue weighted by Gasteiger charge is -2.11. The van der Waals surface area contributed by atoms with Crippen LogP contribution in [0.15, 0.2) is 42.5 Å². The van der Waals surface area contributed by atoms with E-state index in [-0.39, 0.29) is 22.7 Å². The van der Waals surface area contributed by atoms with Gasteiger partial charge in [0.25, 0.3) is 11.6 Å². The Morgan fingerprint density at radius 3 is 2.50 bits per heavy atom. The smallest absolute Gasteiger partial charge is 0.416 e. The van der Waals surface area contributed by atoms with E-state index in [1.54, 1.807) is 0 Å². The highest BCUT2D eigenvalue weighted by Crippen LogP contribution is 2.31. The molecular formula is C15H11F3N2O4. The van der Waals surface area contributed by atoms with Crippen molar-refractivity contribution in [1.29, 1.82) is 0 Å². The van der Waals surface area contributed by atoms with E-state index in [1.165, 1.54) is 25.3 Å².